The number of ether oxygens (including phenoxy) is 1. The van der Waals surface area contributed by atoms with Gasteiger partial charge < -0.3 is 9.84 Å². The van der Waals surface area contributed by atoms with Crippen LogP contribution in [-0.4, -0.2) is 11.7 Å². The molecule has 0 saturated carbocycles. The first-order valence-electron chi connectivity index (χ1n) is 6.71. The van der Waals surface area contributed by atoms with Gasteiger partial charge in [-0.25, -0.2) is 0 Å². The van der Waals surface area contributed by atoms with Gasteiger partial charge in [0.1, 0.15) is 11.9 Å². The Hall–Kier alpha value is -1.51. The van der Waals surface area contributed by atoms with Gasteiger partial charge in [0.25, 0.3) is 0 Å². The van der Waals surface area contributed by atoms with Gasteiger partial charge >= 0.3 is 0 Å². The first-order valence-corrected chi connectivity index (χ1v) is 7.08. The van der Waals surface area contributed by atoms with Crippen molar-refractivity contribution in [2.24, 2.45) is 0 Å². The summed E-state index contributed by atoms with van der Waals surface area (Å²) >= 11 is 6.27. The molecule has 0 heterocycles. The van der Waals surface area contributed by atoms with E-state index in [2.05, 4.69) is 0 Å². The summed E-state index contributed by atoms with van der Waals surface area (Å²) in [5.41, 5.74) is 3.67. The fourth-order valence-electron chi connectivity index (χ4n) is 2.17. The number of hydrogen-bond donors (Lipinski definition) is 1. The summed E-state index contributed by atoms with van der Waals surface area (Å²) in [6, 6.07) is 11.3. The van der Waals surface area contributed by atoms with Crippen LogP contribution in [0.2, 0.25) is 5.02 Å². The smallest absolute Gasteiger partial charge is 0.125 e. The van der Waals surface area contributed by atoms with Crippen LogP contribution in [0.25, 0.3) is 0 Å². The predicted octanol–water partition coefficient (Wildman–Crippen LogP) is 4.44. The normalized spacial score (nSPS) is 12.2. The zero-order chi connectivity index (χ0) is 14.7. The van der Waals surface area contributed by atoms with Crippen molar-refractivity contribution in [3.63, 3.8) is 0 Å². The highest BCUT2D eigenvalue weighted by Gasteiger charge is 2.18. The summed E-state index contributed by atoms with van der Waals surface area (Å²) in [6.45, 7) is 6.50. The minimum absolute atomic E-state index is 0.560. The molecule has 0 saturated heterocycles. The quantitative estimate of drug-likeness (QED) is 0.902. The topological polar surface area (TPSA) is 29.5 Å². The Morgan fingerprint density at radius 2 is 1.75 bits per heavy atom. The van der Waals surface area contributed by atoms with Crippen LogP contribution < -0.4 is 4.74 Å². The van der Waals surface area contributed by atoms with Crippen molar-refractivity contribution in [3.05, 3.63) is 63.7 Å². The monoisotopic (exact) mass is 290 g/mol. The van der Waals surface area contributed by atoms with Crippen molar-refractivity contribution in [3.8, 4) is 5.75 Å². The second kappa shape index (κ2) is 6.29. The van der Waals surface area contributed by atoms with Gasteiger partial charge in [-0.1, -0.05) is 35.9 Å². The van der Waals surface area contributed by atoms with Gasteiger partial charge in [-0.05, 0) is 44.0 Å². The summed E-state index contributed by atoms with van der Waals surface area (Å²) in [6.07, 6.45) is -0.787. The molecule has 3 heteroatoms. The molecule has 2 rings (SSSR count). The Labute approximate surface area is 125 Å². The van der Waals surface area contributed by atoms with Crippen LogP contribution in [0.1, 0.15) is 35.3 Å². The van der Waals surface area contributed by atoms with Crippen LogP contribution in [0.3, 0.4) is 0 Å². The van der Waals surface area contributed by atoms with E-state index in [4.69, 9.17) is 16.3 Å². The first kappa shape index (κ1) is 14.9. The Morgan fingerprint density at radius 1 is 1.10 bits per heavy atom. The highest BCUT2D eigenvalue weighted by molar-refractivity contribution is 6.31. The molecule has 0 aliphatic carbocycles. The Balaban J connectivity index is 2.46. The lowest BCUT2D eigenvalue weighted by atomic mass is 9.97. The van der Waals surface area contributed by atoms with E-state index in [1.165, 1.54) is 0 Å². The van der Waals surface area contributed by atoms with E-state index >= 15 is 0 Å². The molecule has 2 aromatic carbocycles. The van der Waals surface area contributed by atoms with E-state index < -0.39 is 6.10 Å². The summed E-state index contributed by atoms with van der Waals surface area (Å²) in [7, 11) is 0. The van der Waals surface area contributed by atoms with Gasteiger partial charge in [-0.15, -0.1) is 0 Å². The third-order valence-corrected chi connectivity index (χ3v) is 3.75. The molecule has 1 N–H and O–H groups in total. The minimum atomic E-state index is -0.787. The molecule has 0 fully saturated rings. The third kappa shape index (κ3) is 2.97. The molecule has 1 atom stereocenters. The fourth-order valence-corrected chi connectivity index (χ4v) is 2.50. The highest BCUT2D eigenvalue weighted by atomic mass is 35.5. The maximum absolute atomic E-state index is 10.6. The molecule has 0 aromatic heterocycles. The van der Waals surface area contributed by atoms with E-state index in [1.807, 2.05) is 57.2 Å². The predicted molar refractivity (Wildman–Crippen MR) is 82.6 cm³/mol. The lowest BCUT2D eigenvalue weighted by molar-refractivity contribution is 0.212. The third-order valence-electron chi connectivity index (χ3n) is 3.42. The Bertz CT molecular complexity index is 608. The summed E-state index contributed by atoms with van der Waals surface area (Å²) in [4.78, 5) is 0. The minimum Gasteiger partial charge on any atom is -0.493 e. The zero-order valence-electron chi connectivity index (χ0n) is 12.0. The van der Waals surface area contributed by atoms with Gasteiger partial charge in [0, 0.05) is 16.1 Å². The van der Waals surface area contributed by atoms with Crippen molar-refractivity contribution >= 4 is 11.6 Å². The van der Waals surface area contributed by atoms with Crippen molar-refractivity contribution in [1.82, 2.24) is 0 Å². The number of rotatable bonds is 4. The SMILES string of the molecule is CCOc1ccccc1C(O)c1cc(C)c(C)cc1Cl. The van der Waals surface area contributed by atoms with Crippen molar-refractivity contribution in [2.75, 3.05) is 6.61 Å². The second-order valence-corrected chi connectivity index (χ2v) is 5.24. The number of para-hydroxylation sites is 1. The lowest BCUT2D eigenvalue weighted by Crippen LogP contribution is -2.05. The van der Waals surface area contributed by atoms with Crippen LogP contribution in [0, 0.1) is 13.8 Å². The molecular weight excluding hydrogens is 272 g/mol. The van der Waals surface area contributed by atoms with Crippen LogP contribution in [0.15, 0.2) is 36.4 Å². The van der Waals surface area contributed by atoms with Gasteiger partial charge in [0.2, 0.25) is 0 Å². The standard InChI is InChI=1S/C17H19ClO2/c1-4-20-16-8-6-5-7-13(16)17(19)14-9-11(2)12(3)10-15(14)18/h5-10,17,19H,4H2,1-3H3. The molecule has 0 aliphatic rings. The number of aryl methyl sites for hydroxylation is 2. The maximum Gasteiger partial charge on any atom is 0.125 e. The van der Waals surface area contributed by atoms with E-state index in [9.17, 15) is 5.11 Å². The van der Waals surface area contributed by atoms with E-state index in [0.717, 1.165) is 16.7 Å². The van der Waals surface area contributed by atoms with Gasteiger partial charge in [-0.2, -0.15) is 0 Å². The largest absolute Gasteiger partial charge is 0.493 e. The second-order valence-electron chi connectivity index (χ2n) is 4.83. The average Bonchev–Trinajstić information content (AvgIpc) is 2.43. The maximum atomic E-state index is 10.6. The van der Waals surface area contributed by atoms with Crippen molar-refractivity contribution in [1.29, 1.82) is 0 Å². The number of aliphatic hydroxyl groups excluding tert-OH is 1. The zero-order valence-corrected chi connectivity index (χ0v) is 12.7. The molecule has 0 bridgehead atoms. The number of halogens is 1. The summed E-state index contributed by atoms with van der Waals surface area (Å²) < 4.78 is 5.57. The van der Waals surface area contributed by atoms with Crippen molar-refractivity contribution in [2.45, 2.75) is 26.9 Å². The molecule has 2 aromatic rings. The highest BCUT2D eigenvalue weighted by Crippen LogP contribution is 2.34. The Kier molecular flexibility index (Phi) is 4.69. The number of hydrogen-bond acceptors (Lipinski definition) is 2. The van der Waals surface area contributed by atoms with Crippen LogP contribution >= 0.6 is 11.6 Å². The first-order chi connectivity index (χ1) is 9.54. The molecule has 20 heavy (non-hydrogen) atoms. The summed E-state index contributed by atoms with van der Waals surface area (Å²) in [5.74, 6) is 0.691. The van der Waals surface area contributed by atoms with Crippen LogP contribution in [-0.2, 0) is 0 Å². The van der Waals surface area contributed by atoms with Gasteiger partial charge in [0.15, 0.2) is 0 Å². The molecule has 2 nitrogen and oxygen atoms in total. The molecule has 0 spiro atoms. The molecule has 0 aliphatic heterocycles. The molecule has 0 amide bonds. The van der Waals surface area contributed by atoms with Gasteiger partial charge in [0.05, 0.1) is 6.61 Å². The van der Waals surface area contributed by atoms with Gasteiger partial charge in [-0.3, -0.25) is 0 Å². The molecule has 0 radical (unpaired) electrons. The Morgan fingerprint density at radius 3 is 2.45 bits per heavy atom. The molecule has 106 valence electrons. The van der Waals surface area contributed by atoms with E-state index in [0.29, 0.717) is 22.9 Å². The van der Waals surface area contributed by atoms with Crippen molar-refractivity contribution < 1.29 is 9.84 Å². The van der Waals surface area contributed by atoms with Crippen LogP contribution in [0.5, 0.6) is 5.75 Å². The summed E-state index contributed by atoms with van der Waals surface area (Å²) in [5, 5.41) is 11.2. The molecule has 1 unspecified atom stereocenters. The van der Waals surface area contributed by atoms with E-state index in [1.54, 1.807) is 0 Å². The molecular formula is C17H19ClO2. The average molecular weight is 291 g/mol. The number of aliphatic hydroxyl groups is 1. The van der Waals surface area contributed by atoms with Crippen LogP contribution in [0.4, 0.5) is 0 Å². The van der Waals surface area contributed by atoms with E-state index in [-0.39, 0.29) is 0 Å². The lowest BCUT2D eigenvalue weighted by Gasteiger charge is -2.18. The fraction of sp³-hybridized carbons (Fsp3) is 0.294. The number of benzene rings is 2.